The summed E-state index contributed by atoms with van der Waals surface area (Å²) in [5.74, 6) is -1.16. The molecule has 84 valence electrons. The molecule has 0 bridgehead atoms. The summed E-state index contributed by atoms with van der Waals surface area (Å²) in [6, 6.07) is 0. The van der Waals surface area contributed by atoms with Crippen molar-refractivity contribution in [3.05, 3.63) is 12.2 Å². The molecule has 0 aromatic rings. The van der Waals surface area contributed by atoms with E-state index in [-0.39, 0.29) is 36.9 Å². The lowest BCUT2D eigenvalue weighted by molar-refractivity contribution is -0.140. The van der Waals surface area contributed by atoms with E-state index >= 15 is 0 Å². The van der Waals surface area contributed by atoms with E-state index in [0.29, 0.717) is 0 Å². The van der Waals surface area contributed by atoms with Crippen molar-refractivity contribution < 1.29 is 9.90 Å². The summed E-state index contributed by atoms with van der Waals surface area (Å²) in [7, 11) is 0. The van der Waals surface area contributed by atoms with Crippen molar-refractivity contribution in [1.29, 1.82) is 5.41 Å². The minimum absolute atomic E-state index is 0. The molecule has 0 aliphatic heterocycles. The van der Waals surface area contributed by atoms with Gasteiger partial charge in [0.1, 0.15) is 0 Å². The number of rotatable bonds is 4. The number of carboxylic acids is 1. The van der Waals surface area contributed by atoms with Crippen molar-refractivity contribution in [2.75, 3.05) is 0 Å². The van der Waals surface area contributed by atoms with Crippen molar-refractivity contribution in [1.82, 2.24) is 0 Å². The molecular formula is C8H16Cl2N2O2. The highest BCUT2D eigenvalue weighted by atomic mass is 35.5. The van der Waals surface area contributed by atoms with Gasteiger partial charge in [-0.3, -0.25) is 0 Å². The van der Waals surface area contributed by atoms with Crippen LogP contribution in [-0.2, 0) is 4.79 Å². The Balaban J connectivity index is -0.000000605. The third-order valence-corrected chi connectivity index (χ3v) is 1.73. The summed E-state index contributed by atoms with van der Waals surface area (Å²) >= 11 is 0. The Morgan fingerprint density at radius 3 is 2.21 bits per heavy atom. The molecule has 4 nitrogen and oxygen atoms in total. The second-order valence-corrected chi connectivity index (χ2v) is 2.67. The van der Waals surface area contributed by atoms with Gasteiger partial charge < -0.3 is 16.2 Å². The van der Waals surface area contributed by atoms with Gasteiger partial charge in [-0.05, 0) is 20.3 Å². The average Bonchev–Trinajstić information content (AvgIpc) is 1.99. The van der Waals surface area contributed by atoms with Gasteiger partial charge in [0.15, 0.2) is 5.54 Å². The van der Waals surface area contributed by atoms with Crippen LogP contribution < -0.4 is 5.73 Å². The molecule has 0 aliphatic rings. The first-order chi connectivity index (χ1) is 5.45. The number of allylic oxidation sites excluding steroid dienone is 1. The SMILES string of the molecule is CC=CCC(N)(C(C)=N)C(=O)O.Cl.Cl. The average molecular weight is 243 g/mol. The van der Waals surface area contributed by atoms with Crippen molar-refractivity contribution in [2.24, 2.45) is 5.73 Å². The second kappa shape index (κ2) is 7.79. The third-order valence-electron chi connectivity index (χ3n) is 1.73. The van der Waals surface area contributed by atoms with Gasteiger partial charge in [0, 0.05) is 5.71 Å². The van der Waals surface area contributed by atoms with Crippen LogP contribution in [0.15, 0.2) is 12.2 Å². The van der Waals surface area contributed by atoms with Gasteiger partial charge in [0.2, 0.25) is 0 Å². The lowest BCUT2D eigenvalue weighted by Gasteiger charge is -2.21. The third kappa shape index (κ3) is 4.60. The van der Waals surface area contributed by atoms with Crippen LogP contribution in [0.5, 0.6) is 0 Å². The van der Waals surface area contributed by atoms with Crippen molar-refractivity contribution in [3.63, 3.8) is 0 Å². The largest absolute Gasteiger partial charge is 0.480 e. The van der Waals surface area contributed by atoms with Gasteiger partial charge >= 0.3 is 5.97 Å². The first kappa shape index (κ1) is 19.1. The van der Waals surface area contributed by atoms with E-state index in [1.807, 2.05) is 0 Å². The number of hydrogen-bond donors (Lipinski definition) is 3. The minimum atomic E-state index is -1.54. The maximum atomic E-state index is 10.7. The van der Waals surface area contributed by atoms with E-state index in [1.54, 1.807) is 19.1 Å². The molecule has 0 saturated heterocycles. The number of carboxylic acid groups (broad SMARTS) is 1. The molecule has 0 radical (unpaired) electrons. The standard InChI is InChI=1S/C8H14N2O2.2ClH/c1-3-4-5-8(10,6(2)9)7(11)12;;/h3-4,9H,5,10H2,1-2H3,(H,11,12);2*1H. The smallest absolute Gasteiger partial charge is 0.329 e. The summed E-state index contributed by atoms with van der Waals surface area (Å²) in [5, 5.41) is 15.9. The van der Waals surface area contributed by atoms with Crippen LogP contribution in [-0.4, -0.2) is 22.3 Å². The fourth-order valence-corrected chi connectivity index (χ4v) is 0.705. The number of carbonyl (C=O) groups is 1. The molecule has 0 rings (SSSR count). The lowest BCUT2D eigenvalue weighted by Crippen LogP contribution is -2.53. The molecule has 14 heavy (non-hydrogen) atoms. The van der Waals surface area contributed by atoms with Crippen LogP contribution >= 0.6 is 24.8 Å². The number of nitrogens with two attached hydrogens (primary N) is 1. The fraction of sp³-hybridized carbons (Fsp3) is 0.500. The van der Waals surface area contributed by atoms with Crippen LogP contribution in [0, 0.1) is 5.41 Å². The van der Waals surface area contributed by atoms with Gasteiger partial charge in [-0.1, -0.05) is 12.2 Å². The molecular weight excluding hydrogens is 227 g/mol. The highest BCUT2D eigenvalue weighted by molar-refractivity contribution is 6.07. The van der Waals surface area contributed by atoms with Crippen LogP contribution in [0.2, 0.25) is 0 Å². The molecule has 0 fully saturated rings. The maximum Gasteiger partial charge on any atom is 0.329 e. The van der Waals surface area contributed by atoms with E-state index in [9.17, 15) is 4.79 Å². The molecule has 4 N–H and O–H groups in total. The van der Waals surface area contributed by atoms with Crippen LogP contribution in [0.3, 0.4) is 0 Å². The van der Waals surface area contributed by atoms with Gasteiger partial charge in [-0.25, -0.2) is 4.79 Å². The van der Waals surface area contributed by atoms with E-state index in [2.05, 4.69) is 0 Å². The molecule has 0 amide bonds. The van der Waals surface area contributed by atoms with Gasteiger partial charge in [-0.2, -0.15) is 0 Å². The molecule has 0 spiro atoms. The monoisotopic (exact) mass is 242 g/mol. The number of halogens is 2. The topological polar surface area (TPSA) is 87.2 Å². The Kier molecular flexibility index (Phi) is 10.6. The van der Waals surface area contributed by atoms with Gasteiger partial charge in [-0.15, -0.1) is 24.8 Å². The van der Waals surface area contributed by atoms with Crippen LogP contribution in [0.4, 0.5) is 0 Å². The molecule has 1 atom stereocenters. The number of hydrogen-bond acceptors (Lipinski definition) is 3. The summed E-state index contributed by atoms with van der Waals surface area (Å²) in [4.78, 5) is 10.7. The van der Waals surface area contributed by atoms with Crippen molar-refractivity contribution in [3.8, 4) is 0 Å². The van der Waals surface area contributed by atoms with Crippen LogP contribution in [0.1, 0.15) is 20.3 Å². The molecule has 0 saturated carbocycles. The molecule has 0 heterocycles. The minimum Gasteiger partial charge on any atom is -0.480 e. The predicted octanol–water partition coefficient (Wildman–Crippen LogP) is 1.62. The molecule has 0 aromatic heterocycles. The van der Waals surface area contributed by atoms with Gasteiger partial charge in [0.05, 0.1) is 0 Å². The summed E-state index contributed by atoms with van der Waals surface area (Å²) in [6.07, 6.45) is 3.52. The summed E-state index contributed by atoms with van der Waals surface area (Å²) < 4.78 is 0. The van der Waals surface area contributed by atoms with Gasteiger partial charge in [0.25, 0.3) is 0 Å². The van der Waals surface area contributed by atoms with Crippen molar-refractivity contribution >= 4 is 36.5 Å². The first-order valence-electron chi connectivity index (χ1n) is 3.64. The normalized spacial score (nSPS) is 13.6. The highest BCUT2D eigenvalue weighted by Crippen LogP contribution is 2.09. The first-order valence-corrected chi connectivity index (χ1v) is 3.64. The fourth-order valence-electron chi connectivity index (χ4n) is 0.705. The zero-order chi connectivity index (χ0) is 9.78. The van der Waals surface area contributed by atoms with Crippen molar-refractivity contribution in [2.45, 2.75) is 25.8 Å². The predicted molar refractivity (Wildman–Crippen MR) is 61.9 cm³/mol. The van der Waals surface area contributed by atoms with E-state index in [1.165, 1.54) is 6.92 Å². The Morgan fingerprint density at radius 2 is 2.00 bits per heavy atom. The molecule has 1 unspecified atom stereocenters. The summed E-state index contributed by atoms with van der Waals surface area (Å²) in [5.41, 5.74) is 3.92. The summed E-state index contributed by atoms with van der Waals surface area (Å²) in [6.45, 7) is 3.18. The van der Waals surface area contributed by atoms with E-state index in [0.717, 1.165) is 0 Å². The van der Waals surface area contributed by atoms with E-state index < -0.39 is 11.5 Å². The van der Waals surface area contributed by atoms with E-state index in [4.69, 9.17) is 16.2 Å². The lowest BCUT2D eigenvalue weighted by atomic mass is 9.91. The Morgan fingerprint density at radius 1 is 1.57 bits per heavy atom. The molecule has 6 heteroatoms. The zero-order valence-corrected chi connectivity index (χ0v) is 9.74. The maximum absolute atomic E-state index is 10.7. The molecule has 0 aromatic carbocycles. The Labute approximate surface area is 95.9 Å². The van der Waals surface area contributed by atoms with Crippen LogP contribution in [0.25, 0.3) is 0 Å². The Bertz CT molecular complexity index is 215. The number of nitrogens with one attached hydrogen (secondary N) is 1. The zero-order valence-electron chi connectivity index (χ0n) is 8.11. The highest BCUT2D eigenvalue weighted by Gasteiger charge is 2.34. The molecule has 0 aliphatic carbocycles. The number of aliphatic carboxylic acids is 1. The quantitative estimate of drug-likeness (QED) is 0.517. The Hall–Kier alpha value is -0.580. The second-order valence-electron chi connectivity index (χ2n) is 2.67.